The zero-order valence-electron chi connectivity index (χ0n) is 7.59. The Kier molecular flexibility index (Phi) is 9.73. The summed E-state index contributed by atoms with van der Waals surface area (Å²) in [5, 5.41) is 23.3. The van der Waals surface area contributed by atoms with Gasteiger partial charge in [-0.05, 0) is 0 Å². The predicted molar refractivity (Wildman–Crippen MR) is 40.0 cm³/mol. The average Bonchev–Trinajstić information content (AvgIpc) is 2.28. The third kappa shape index (κ3) is 8.04. The molecule has 0 aromatic rings. The van der Waals surface area contributed by atoms with Crippen LogP contribution in [0.5, 0.6) is 0 Å². The van der Waals surface area contributed by atoms with Crippen molar-refractivity contribution in [3.8, 4) is 0 Å². The molecule has 0 bridgehead atoms. The van der Waals surface area contributed by atoms with E-state index in [2.05, 4.69) is 26.0 Å². The third-order valence-corrected chi connectivity index (χ3v) is 1.96. The molecule has 0 spiro atoms. The second-order valence-corrected chi connectivity index (χ2v) is 2.95. The van der Waals surface area contributed by atoms with Gasteiger partial charge in [-0.2, -0.15) is 15.8 Å². The van der Waals surface area contributed by atoms with Gasteiger partial charge in [0.1, 0.15) is 0 Å². The highest BCUT2D eigenvalue weighted by atomic mass is 27.3. The minimum absolute atomic E-state index is 0. The Bertz CT molecular complexity index is 219. The molecule has 0 aliphatic heterocycles. The molecule has 0 aromatic carbocycles. The lowest BCUT2D eigenvalue weighted by molar-refractivity contribution is -0.206. The summed E-state index contributed by atoms with van der Waals surface area (Å²) in [5.74, 6) is 0. The van der Waals surface area contributed by atoms with Crippen molar-refractivity contribution in [1.29, 1.82) is 0 Å². The summed E-state index contributed by atoms with van der Waals surface area (Å²) < 4.78 is 11.7. The van der Waals surface area contributed by atoms with E-state index in [-0.39, 0.29) is 5.48 Å². The molecule has 0 radical (unpaired) electrons. The van der Waals surface area contributed by atoms with E-state index in [4.69, 9.17) is 15.8 Å². The summed E-state index contributed by atoms with van der Waals surface area (Å²) in [7, 11) is 0. The molecular formula is C3H5AlO13. The van der Waals surface area contributed by atoms with E-state index in [0.717, 1.165) is 0 Å². The van der Waals surface area contributed by atoms with Crippen molar-refractivity contribution < 1.29 is 61.7 Å². The van der Waals surface area contributed by atoms with Crippen molar-refractivity contribution in [2.75, 3.05) is 0 Å². The van der Waals surface area contributed by atoms with Crippen LogP contribution in [0, 0.1) is 0 Å². The third-order valence-electron chi connectivity index (χ3n) is 0.801. The molecule has 0 saturated carbocycles. The molecule has 0 aromatic heterocycles. The zero-order chi connectivity index (χ0) is 12.6. The Morgan fingerprint density at radius 3 is 1.12 bits per heavy atom. The molecule has 17 heavy (non-hydrogen) atoms. The van der Waals surface area contributed by atoms with Crippen LogP contribution in [0.2, 0.25) is 0 Å². The maximum atomic E-state index is 10.3. The van der Waals surface area contributed by atoms with E-state index in [1.165, 1.54) is 0 Å². The monoisotopic (exact) mass is 276 g/mol. The van der Waals surface area contributed by atoms with Crippen LogP contribution in [0.15, 0.2) is 0 Å². The molecule has 0 aliphatic rings. The van der Waals surface area contributed by atoms with E-state index in [1.807, 2.05) is 0 Å². The van der Waals surface area contributed by atoms with Gasteiger partial charge >= 0.3 is 33.6 Å². The fraction of sp³-hybridized carbons (Fsp3) is 0. The lowest BCUT2D eigenvalue weighted by atomic mass is 11.4. The smallest absolute Gasteiger partial charge is 0.516 e. The molecule has 14 heteroatoms. The van der Waals surface area contributed by atoms with Crippen molar-refractivity contribution in [3.63, 3.8) is 0 Å². The molecule has 0 unspecified atom stereocenters. The van der Waals surface area contributed by atoms with Gasteiger partial charge in [0.2, 0.25) is 0 Å². The van der Waals surface area contributed by atoms with Gasteiger partial charge in [0.25, 0.3) is 0 Å². The maximum absolute atomic E-state index is 10.3. The van der Waals surface area contributed by atoms with E-state index in [9.17, 15) is 14.4 Å². The predicted octanol–water partition coefficient (Wildman–Crippen LogP) is -0.975. The SMILES string of the molecule is O.O=C(OO)[O][Al]([O]C(=O)OO)[O]C(=O)OO. The van der Waals surface area contributed by atoms with Crippen LogP contribution < -0.4 is 0 Å². The topological polar surface area (TPSA) is 199 Å². The molecule has 0 heterocycles. The molecule has 0 saturated heterocycles. The fourth-order valence-electron chi connectivity index (χ4n) is 0.372. The maximum Gasteiger partial charge on any atom is 1.21 e. The normalized spacial score (nSPS) is 7.94. The van der Waals surface area contributed by atoms with Crippen LogP contribution in [-0.2, 0) is 26.0 Å². The van der Waals surface area contributed by atoms with Gasteiger partial charge in [-0.15, -0.1) is 0 Å². The zero-order valence-corrected chi connectivity index (χ0v) is 8.75. The minimum atomic E-state index is -3.86. The number of carbonyl (C=O) groups excluding carboxylic acids is 3. The molecule has 0 fully saturated rings. The van der Waals surface area contributed by atoms with Crippen LogP contribution in [0.4, 0.5) is 14.4 Å². The molecule has 0 atom stereocenters. The number of carbonyl (C=O) groups is 3. The highest BCUT2D eigenvalue weighted by molar-refractivity contribution is 6.43. The highest BCUT2D eigenvalue weighted by Gasteiger charge is 2.51. The van der Waals surface area contributed by atoms with Crippen LogP contribution in [0.1, 0.15) is 0 Å². The Balaban J connectivity index is 0. The number of hydrogen-bond acceptors (Lipinski definition) is 12. The summed E-state index contributed by atoms with van der Waals surface area (Å²) in [5.41, 5.74) is 0. The summed E-state index contributed by atoms with van der Waals surface area (Å²) in [6, 6.07) is 0. The van der Waals surface area contributed by atoms with Crippen LogP contribution in [-0.4, -0.2) is 54.9 Å². The quantitative estimate of drug-likeness (QED) is 0.246. The Labute approximate surface area is 96.0 Å². The second kappa shape index (κ2) is 9.41. The second-order valence-electron chi connectivity index (χ2n) is 1.67. The first-order chi connectivity index (χ1) is 7.53. The summed E-state index contributed by atoms with van der Waals surface area (Å²) in [4.78, 5) is 39.9. The largest absolute Gasteiger partial charge is 1.21 e. The van der Waals surface area contributed by atoms with Crippen molar-refractivity contribution in [1.82, 2.24) is 0 Å². The van der Waals surface area contributed by atoms with E-state index in [1.54, 1.807) is 0 Å². The summed E-state index contributed by atoms with van der Waals surface area (Å²) >= 11 is -3.86. The van der Waals surface area contributed by atoms with E-state index < -0.39 is 33.6 Å². The lowest BCUT2D eigenvalue weighted by Crippen LogP contribution is -2.34. The van der Waals surface area contributed by atoms with Crippen LogP contribution in [0.25, 0.3) is 0 Å². The first-order valence-corrected chi connectivity index (χ1v) is 4.51. The minimum Gasteiger partial charge on any atom is -0.516 e. The highest BCUT2D eigenvalue weighted by Crippen LogP contribution is 1.99. The molecule has 98 valence electrons. The Morgan fingerprint density at radius 1 is 0.706 bits per heavy atom. The van der Waals surface area contributed by atoms with Crippen molar-refractivity contribution in [2.24, 2.45) is 0 Å². The Morgan fingerprint density at radius 2 is 0.941 bits per heavy atom. The average molecular weight is 276 g/mol. The lowest BCUT2D eigenvalue weighted by Gasteiger charge is -2.08. The number of hydrogen-bond donors (Lipinski definition) is 3. The standard InChI is InChI=1S/3CH2O4.Al.H2O/c3*2-1(3)5-4;;/h3*4H,(H,2,3);;1H2/q;;;+3;/p-3. The number of rotatable bonds is 3. The molecular weight excluding hydrogens is 271 g/mol. The first-order valence-electron chi connectivity index (χ1n) is 3.09. The summed E-state index contributed by atoms with van der Waals surface area (Å²) in [6.45, 7) is 0. The Hall–Kier alpha value is -1.82. The van der Waals surface area contributed by atoms with Crippen LogP contribution >= 0.6 is 0 Å². The molecule has 13 nitrogen and oxygen atoms in total. The van der Waals surface area contributed by atoms with Gasteiger partial charge in [-0.3, -0.25) is 14.7 Å². The van der Waals surface area contributed by atoms with Gasteiger partial charge in [-0.25, -0.2) is 14.4 Å². The molecule has 5 N–H and O–H groups in total. The van der Waals surface area contributed by atoms with E-state index >= 15 is 0 Å². The molecule has 0 aliphatic carbocycles. The van der Waals surface area contributed by atoms with Crippen LogP contribution in [0.3, 0.4) is 0 Å². The summed E-state index contributed by atoms with van der Waals surface area (Å²) in [6.07, 6.45) is -5.31. The van der Waals surface area contributed by atoms with Gasteiger partial charge in [0.15, 0.2) is 0 Å². The van der Waals surface area contributed by atoms with Gasteiger partial charge in [0, 0.05) is 0 Å². The van der Waals surface area contributed by atoms with Crippen molar-refractivity contribution in [3.05, 3.63) is 0 Å². The molecule has 0 amide bonds. The molecule has 0 rings (SSSR count). The first kappa shape index (κ1) is 17.6. The van der Waals surface area contributed by atoms with Crippen molar-refractivity contribution >= 4 is 33.6 Å². The fourth-order valence-corrected chi connectivity index (χ4v) is 1.12. The van der Waals surface area contributed by atoms with E-state index in [0.29, 0.717) is 0 Å². The van der Waals surface area contributed by atoms with Gasteiger partial charge in [0.05, 0.1) is 0 Å². The van der Waals surface area contributed by atoms with Crippen molar-refractivity contribution in [2.45, 2.75) is 0 Å². The van der Waals surface area contributed by atoms with Gasteiger partial charge < -0.3 is 16.8 Å². The van der Waals surface area contributed by atoms with Gasteiger partial charge in [-0.1, -0.05) is 0 Å².